The zero-order valence-electron chi connectivity index (χ0n) is 15.1. The van der Waals surface area contributed by atoms with Crippen LogP contribution in [-0.2, 0) is 13.0 Å². The average Bonchev–Trinajstić information content (AvgIpc) is 2.66. The summed E-state index contributed by atoms with van der Waals surface area (Å²) < 4.78 is 16.1. The Balaban J connectivity index is 2.16. The zero-order chi connectivity index (χ0) is 18.2. The Bertz CT molecular complexity index is 702. The van der Waals surface area contributed by atoms with Gasteiger partial charge >= 0.3 is 0 Å². The second-order valence-electron chi connectivity index (χ2n) is 5.39. The van der Waals surface area contributed by atoms with E-state index >= 15 is 0 Å². The maximum Gasteiger partial charge on any atom is 0.193 e. The van der Waals surface area contributed by atoms with Gasteiger partial charge in [0.25, 0.3) is 0 Å². The van der Waals surface area contributed by atoms with Gasteiger partial charge in [0.05, 0.1) is 33.4 Å². The number of nitrogens with zero attached hydrogens (tertiary/aromatic N) is 1. The van der Waals surface area contributed by atoms with Crippen LogP contribution in [0.1, 0.15) is 18.1 Å². The minimum absolute atomic E-state index is 0.322. The van der Waals surface area contributed by atoms with E-state index in [1.807, 2.05) is 12.1 Å². The summed E-state index contributed by atoms with van der Waals surface area (Å²) in [4.78, 5) is 4.39. The van der Waals surface area contributed by atoms with Gasteiger partial charge in [0.1, 0.15) is 17.2 Å². The highest BCUT2D eigenvalue weighted by atomic mass is 16.5. The fraction of sp³-hybridized carbons (Fsp3) is 0.316. The lowest BCUT2D eigenvalue weighted by Gasteiger charge is -2.14. The third-order valence-corrected chi connectivity index (χ3v) is 3.86. The minimum atomic E-state index is 0.322. The van der Waals surface area contributed by atoms with E-state index in [0.29, 0.717) is 29.8 Å². The van der Waals surface area contributed by atoms with Crippen LogP contribution in [0.5, 0.6) is 17.2 Å². The van der Waals surface area contributed by atoms with Crippen molar-refractivity contribution >= 4 is 11.6 Å². The van der Waals surface area contributed by atoms with Gasteiger partial charge in [0.15, 0.2) is 5.96 Å². The van der Waals surface area contributed by atoms with Crippen molar-refractivity contribution in [3.05, 3.63) is 47.5 Å². The van der Waals surface area contributed by atoms with Gasteiger partial charge in [0, 0.05) is 17.8 Å². The summed E-state index contributed by atoms with van der Waals surface area (Å²) in [5, 5.41) is 3.08. The Kier molecular flexibility index (Phi) is 6.51. The fourth-order valence-corrected chi connectivity index (χ4v) is 2.41. The molecule has 134 valence electrons. The molecule has 2 aromatic carbocycles. The summed E-state index contributed by atoms with van der Waals surface area (Å²) >= 11 is 0. The van der Waals surface area contributed by atoms with E-state index in [2.05, 4.69) is 29.4 Å². The van der Waals surface area contributed by atoms with Crippen molar-refractivity contribution in [2.24, 2.45) is 10.7 Å². The monoisotopic (exact) mass is 343 g/mol. The molecule has 0 aliphatic rings. The van der Waals surface area contributed by atoms with Crippen LogP contribution < -0.4 is 25.3 Å². The molecule has 0 unspecified atom stereocenters. The van der Waals surface area contributed by atoms with E-state index < -0.39 is 0 Å². The van der Waals surface area contributed by atoms with Gasteiger partial charge in [0.2, 0.25) is 0 Å². The molecule has 0 saturated carbocycles. The summed E-state index contributed by atoms with van der Waals surface area (Å²) in [6, 6.07) is 11.7. The van der Waals surface area contributed by atoms with Gasteiger partial charge in [-0.05, 0) is 24.1 Å². The van der Waals surface area contributed by atoms with Crippen LogP contribution >= 0.6 is 0 Å². The molecular weight excluding hydrogens is 318 g/mol. The first-order chi connectivity index (χ1) is 12.1. The van der Waals surface area contributed by atoms with Crippen molar-refractivity contribution < 1.29 is 14.2 Å². The SMILES string of the molecule is CCc1ccc(NC(N)=NCc2c(OC)cc(OC)cc2OC)cc1. The van der Waals surface area contributed by atoms with E-state index in [1.165, 1.54) is 5.56 Å². The lowest BCUT2D eigenvalue weighted by Crippen LogP contribution is -2.22. The van der Waals surface area contributed by atoms with Crippen LogP contribution in [-0.4, -0.2) is 27.3 Å². The highest BCUT2D eigenvalue weighted by Gasteiger charge is 2.13. The normalized spacial score (nSPS) is 11.1. The second kappa shape index (κ2) is 8.82. The van der Waals surface area contributed by atoms with Gasteiger partial charge in [-0.15, -0.1) is 0 Å². The Morgan fingerprint density at radius 3 is 2.08 bits per heavy atom. The third-order valence-electron chi connectivity index (χ3n) is 3.86. The van der Waals surface area contributed by atoms with Gasteiger partial charge in [-0.1, -0.05) is 19.1 Å². The molecule has 0 aromatic heterocycles. The predicted octanol–water partition coefficient (Wildman–Crippen LogP) is 3.20. The summed E-state index contributed by atoms with van der Waals surface area (Å²) in [7, 11) is 4.79. The molecule has 25 heavy (non-hydrogen) atoms. The second-order valence-corrected chi connectivity index (χ2v) is 5.39. The lowest BCUT2D eigenvalue weighted by atomic mass is 10.1. The Hall–Kier alpha value is -2.89. The topological polar surface area (TPSA) is 78.1 Å². The molecule has 6 nitrogen and oxygen atoms in total. The minimum Gasteiger partial charge on any atom is -0.496 e. The summed E-state index contributed by atoms with van der Waals surface area (Å²) in [6.45, 7) is 2.44. The van der Waals surface area contributed by atoms with E-state index in [4.69, 9.17) is 19.9 Å². The van der Waals surface area contributed by atoms with E-state index in [0.717, 1.165) is 17.7 Å². The number of rotatable bonds is 7. The number of hydrogen-bond donors (Lipinski definition) is 2. The van der Waals surface area contributed by atoms with Gasteiger partial charge in [-0.3, -0.25) is 0 Å². The Morgan fingerprint density at radius 1 is 1.00 bits per heavy atom. The molecule has 0 saturated heterocycles. The number of aliphatic imine (C=N–C) groups is 1. The molecular formula is C19H25N3O3. The van der Waals surface area contributed by atoms with Gasteiger partial charge in [-0.2, -0.15) is 0 Å². The average molecular weight is 343 g/mol. The molecule has 2 aromatic rings. The largest absolute Gasteiger partial charge is 0.496 e. The van der Waals surface area contributed by atoms with Gasteiger partial charge < -0.3 is 25.3 Å². The lowest BCUT2D eigenvalue weighted by molar-refractivity contribution is 0.369. The number of benzene rings is 2. The molecule has 3 N–H and O–H groups in total. The summed E-state index contributed by atoms with van der Waals surface area (Å²) in [5.41, 5.74) is 8.97. The predicted molar refractivity (Wildman–Crippen MR) is 101 cm³/mol. The number of hydrogen-bond acceptors (Lipinski definition) is 4. The van der Waals surface area contributed by atoms with E-state index in [9.17, 15) is 0 Å². The Labute approximate surface area is 148 Å². The van der Waals surface area contributed by atoms with Crippen molar-refractivity contribution in [3.63, 3.8) is 0 Å². The van der Waals surface area contributed by atoms with Crippen molar-refractivity contribution in [2.45, 2.75) is 19.9 Å². The molecule has 0 bridgehead atoms. The molecule has 0 aliphatic heterocycles. The smallest absolute Gasteiger partial charge is 0.193 e. The standard InChI is InChI=1S/C19H25N3O3/c1-5-13-6-8-14(9-7-13)22-19(20)21-12-16-17(24-3)10-15(23-2)11-18(16)25-4/h6-11H,5,12H2,1-4H3,(H3,20,21,22). The van der Waals surface area contributed by atoms with Gasteiger partial charge in [-0.25, -0.2) is 4.99 Å². The first kappa shape index (κ1) is 18.4. The molecule has 0 aliphatic carbocycles. The first-order valence-corrected chi connectivity index (χ1v) is 8.06. The van der Waals surface area contributed by atoms with Crippen molar-refractivity contribution in [2.75, 3.05) is 26.6 Å². The maximum atomic E-state index is 6.00. The van der Waals surface area contributed by atoms with Crippen molar-refractivity contribution in [1.29, 1.82) is 0 Å². The maximum absolute atomic E-state index is 6.00. The van der Waals surface area contributed by atoms with Crippen LogP contribution in [0.25, 0.3) is 0 Å². The van der Waals surface area contributed by atoms with Crippen LogP contribution in [0.3, 0.4) is 0 Å². The number of aryl methyl sites for hydroxylation is 1. The molecule has 0 heterocycles. The van der Waals surface area contributed by atoms with Crippen LogP contribution in [0.15, 0.2) is 41.4 Å². The summed E-state index contributed by atoms with van der Waals surface area (Å²) in [5.74, 6) is 2.26. The molecule has 0 atom stereocenters. The van der Waals surface area contributed by atoms with Crippen LogP contribution in [0, 0.1) is 0 Å². The molecule has 6 heteroatoms. The number of nitrogens with one attached hydrogen (secondary N) is 1. The quantitative estimate of drug-likeness (QED) is 0.596. The van der Waals surface area contributed by atoms with Crippen molar-refractivity contribution in [1.82, 2.24) is 0 Å². The molecule has 0 radical (unpaired) electrons. The molecule has 0 fully saturated rings. The number of ether oxygens (including phenoxy) is 3. The number of anilines is 1. The molecule has 2 rings (SSSR count). The van der Waals surface area contributed by atoms with Crippen molar-refractivity contribution in [3.8, 4) is 17.2 Å². The Morgan fingerprint density at radius 2 is 1.60 bits per heavy atom. The fourth-order valence-electron chi connectivity index (χ4n) is 2.41. The first-order valence-electron chi connectivity index (χ1n) is 8.06. The number of nitrogens with two attached hydrogens (primary N) is 1. The molecule has 0 amide bonds. The summed E-state index contributed by atoms with van der Waals surface area (Å²) in [6.07, 6.45) is 1.00. The highest BCUT2D eigenvalue weighted by Crippen LogP contribution is 2.34. The highest BCUT2D eigenvalue weighted by molar-refractivity contribution is 5.92. The van der Waals surface area contributed by atoms with E-state index in [-0.39, 0.29) is 0 Å². The third kappa shape index (κ3) is 4.79. The molecule has 0 spiro atoms. The van der Waals surface area contributed by atoms with Crippen LogP contribution in [0.4, 0.5) is 5.69 Å². The van der Waals surface area contributed by atoms with E-state index in [1.54, 1.807) is 33.5 Å². The number of methoxy groups -OCH3 is 3. The number of guanidine groups is 1. The van der Waals surface area contributed by atoms with Crippen LogP contribution in [0.2, 0.25) is 0 Å². The zero-order valence-corrected chi connectivity index (χ0v) is 15.1.